The first-order chi connectivity index (χ1) is 11.1. The summed E-state index contributed by atoms with van der Waals surface area (Å²) in [4.78, 5) is 32.3. The van der Waals surface area contributed by atoms with Gasteiger partial charge in [-0.1, -0.05) is 38.8 Å². The zero-order valence-electron chi connectivity index (χ0n) is 13.6. The highest BCUT2D eigenvalue weighted by Crippen LogP contribution is 2.12. The minimum Gasteiger partial charge on any atom is -0.483 e. The summed E-state index contributed by atoms with van der Waals surface area (Å²) in [6, 6.07) is 6.59. The summed E-state index contributed by atoms with van der Waals surface area (Å²) in [6.45, 7) is 4.53. The van der Waals surface area contributed by atoms with Crippen LogP contribution >= 0.6 is 0 Å². The molecule has 0 saturated carbocycles. The van der Waals surface area contributed by atoms with Crippen LogP contribution in [0.1, 0.15) is 60.2 Å². The molecular formula is C17H24O6. The fourth-order valence-corrected chi connectivity index (χ4v) is 1.61. The zero-order valence-corrected chi connectivity index (χ0v) is 13.6. The molecule has 0 heterocycles. The van der Waals surface area contributed by atoms with E-state index >= 15 is 0 Å². The van der Waals surface area contributed by atoms with Crippen molar-refractivity contribution in [3.63, 3.8) is 0 Å². The first kappa shape index (κ1) is 20.6. The van der Waals surface area contributed by atoms with Crippen LogP contribution in [0.4, 0.5) is 0 Å². The highest BCUT2D eigenvalue weighted by atomic mass is 16.5. The van der Waals surface area contributed by atoms with E-state index in [1.165, 1.54) is 0 Å². The zero-order chi connectivity index (χ0) is 17.5. The minimum absolute atomic E-state index is 0.250. The van der Waals surface area contributed by atoms with Crippen LogP contribution in [-0.2, 0) is 14.3 Å². The van der Waals surface area contributed by atoms with Gasteiger partial charge < -0.3 is 14.6 Å². The van der Waals surface area contributed by atoms with Crippen LogP contribution < -0.4 is 0 Å². The van der Waals surface area contributed by atoms with Gasteiger partial charge in [-0.15, -0.1) is 0 Å². The largest absolute Gasteiger partial charge is 0.483 e. The third kappa shape index (κ3) is 8.60. The van der Waals surface area contributed by atoms with Crippen molar-refractivity contribution < 1.29 is 29.0 Å². The van der Waals surface area contributed by atoms with Crippen LogP contribution in [0.3, 0.4) is 0 Å². The first-order valence-corrected chi connectivity index (χ1v) is 7.63. The molecule has 6 heteroatoms. The number of ether oxygens (including phenoxy) is 2. The molecule has 0 aliphatic rings. The first-order valence-electron chi connectivity index (χ1n) is 7.63. The van der Waals surface area contributed by atoms with Gasteiger partial charge in [0.2, 0.25) is 0 Å². The molecule has 1 N–H and O–H groups in total. The number of carbonyl (C=O) groups excluding carboxylic acids is 2. The molecule has 0 atom stereocenters. The van der Waals surface area contributed by atoms with E-state index in [4.69, 9.17) is 19.4 Å². The Morgan fingerprint density at radius 1 is 0.957 bits per heavy atom. The van der Waals surface area contributed by atoms with Gasteiger partial charge in [0.25, 0.3) is 6.47 Å². The Kier molecular flexibility index (Phi) is 11.9. The molecule has 0 radical (unpaired) electrons. The van der Waals surface area contributed by atoms with Crippen LogP contribution in [0.25, 0.3) is 0 Å². The summed E-state index contributed by atoms with van der Waals surface area (Å²) in [7, 11) is 0. The van der Waals surface area contributed by atoms with Gasteiger partial charge >= 0.3 is 11.9 Å². The fourth-order valence-electron chi connectivity index (χ4n) is 1.61. The minimum atomic E-state index is -0.471. The van der Waals surface area contributed by atoms with E-state index in [9.17, 15) is 9.59 Å². The summed E-state index contributed by atoms with van der Waals surface area (Å²) in [6.07, 6.45) is 3.53. The Morgan fingerprint density at radius 2 is 1.30 bits per heavy atom. The van der Waals surface area contributed by atoms with Crippen LogP contribution in [0.15, 0.2) is 24.3 Å². The molecular weight excluding hydrogens is 300 g/mol. The second-order valence-corrected chi connectivity index (χ2v) is 4.63. The summed E-state index contributed by atoms with van der Waals surface area (Å²) >= 11 is 0. The van der Waals surface area contributed by atoms with Crippen molar-refractivity contribution in [2.24, 2.45) is 0 Å². The molecule has 0 unspecified atom stereocenters. The molecule has 0 aliphatic carbocycles. The maximum atomic E-state index is 11.9. The Hall–Kier alpha value is -2.37. The van der Waals surface area contributed by atoms with E-state index in [1.54, 1.807) is 24.3 Å². The number of hydrogen-bond acceptors (Lipinski definition) is 5. The number of rotatable bonds is 8. The number of esters is 2. The van der Waals surface area contributed by atoms with Crippen molar-refractivity contribution in [3.05, 3.63) is 35.4 Å². The number of unbranched alkanes of at least 4 members (excludes halogenated alkanes) is 2. The van der Waals surface area contributed by atoms with Crippen molar-refractivity contribution in [3.8, 4) is 0 Å². The number of carboxylic acid groups (broad SMARTS) is 1. The molecule has 0 aromatic heterocycles. The van der Waals surface area contributed by atoms with Crippen LogP contribution in [-0.4, -0.2) is 36.7 Å². The predicted octanol–water partition coefficient (Wildman–Crippen LogP) is 3.30. The number of carbonyl (C=O) groups is 3. The van der Waals surface area contributed by atoms with Gasteiger partial charge in [0.05, 0.1) is 24.3 Å². The van der Waals surface area contributed by atoms with E-state index in [0.717, 1.165) is 25.7 Å². The predicted molar refractivity (Wildman–Crippen MR) is 85.5 cm³/mol. The molecule has 0 bridgehead atoms. The van der Waals surface area contributed by atoms with Gasteiger partial charge in [0, 0.05) is 0 Å². The molecule has 0 spiro atoms. The molecule has 1 aromatic carbocycles. The third-order valence-electron chi connectivity index (χ3n) is 2.83. The summed E-state index contributed by atoms with van der Waals surface area (Å²) in [5, 5.41) is 6.89. The Morgan fingerprint density at radius 3 is 1.61 bits per heavy atom. The van der Waals surface area contributed by atoms with Crippen molar-refractivity contribution in [2.75, 3.05) is 13.2 Å². The maximum Gasteiger partial charge on any atom is 0.339 e. The summed E-state index contributed by atoms with van der Waals surface area (Å²) in [5.41, 5.74) is 0.537. The van der Waals surface area contributed by atoms with Crippen LogP contribution in [0.5, 0.6) is 0 Å². The normalized spacial score (nSPS) is 9.30. The number of benzene rings is 1. The highest BCUT2D eigenvalue weighted by Gasteiger charge is 2.18. The lowest BCUT2D eigenvalue weighted by Crippen LogP contribution is -2.14. The highest BCUT2D eigenvalue weighted by molar-refractivity contribution is 6.03. The smallest absolute Gasteiger partial charge is 0.339 e. The molecule has 0 amide bonds. The van der Waals surface area contributed by atoms with Gasteiger partial charge in [0.15, 0.2) is 0 Å². The molecule has 1 rings (SSSR count). The van der Waals surface area contributed by atoms with Crippen molar-refractivity contribution in [1.82, 2.24) is 0 Å². The third-order valence-corrected chi connectivity index (χ3v) is 2.83. The van der Waals surface area contributed by atoms with Crippen LogP contribution in [0, 0.1) is 0 Å². The summed E-state index contributed by atoms with van der Waals surface area (Å²) in [5.74, 6) is -0.942. The maximum absolute atomic E-state index is 11.9. The SMILES string of the molecule is CCCCOC(=O)c1ccccc1C(=O)OCCCC.O=CO. The Balaban J connectivity index is 0.00000149. The monoisotopic (exact) mass is 324 g/mol. The topological polar surface area (TPSA) is 89.9 Å². The van der Waals surface area contributed by atoms with Crippen molar-refractivity contribution in [1.29, 1.82) is 0 Å². The lowest BCUT2D eigenvalue weighted by atomic mass is 10.1. The van der Waals surface area contributed by atoms with Gasteiger partial charge in [-0.25, -0.2) is 9.59 Å². The average Bonchev–Trinajstić information content (AvgIpc) is 2.56. The Bertz CT molecular complexity index is 443. The van der Waals surface area contributed by atoms with Crippen molar-refractivity contribution >= 4 is 18.4 Å². The molecule has 0 saturated heterocycles. The van der Waals surface area contributed by atoms with Gasteiger partial charge in [-0.3, -0.25) is 4.79 Å². The second-order valence-electron chi connectivity index (χ2n) is 4.63. The fraction of sp³-hybridized carbons (Fsp3) is 0.471. The molecule has 1 aromatic rings. The molecule has 0 fully saturated rings. The van der Waals surface area contributed by atoms with Gasteiger partial charge in [-0.2, -0.15) is 0 Å². The van der Waals surface area contributed by atoms with E-state index in [0.29, 0.717) is 13.2 Å². The molecule has 0 aliphatic heterocycles. The molecule has 6 nitrogen and oxygen atoms in total. The van der Waals surface area contributed by atoms with Gasteiger partial charge in [-0.05, 0) is 25.0 Å². The molecule has 23 heavy (non-hydrogen) atoms. The van der Waals surface area contributed by atoms with Gasteiger partial charge in [0.1, 0.15) is 0 Å². The average molecular weight is 324 g/mol. The van der Waals surface area contributed by atoms with E-state index in [-0.39, 0.29) is 17.6 Å². The van der Waals surface area contributed by atoms with Crippen LogP contribution in [0.2, 0.25) is 0 Å². The van der Waals surface area contributed by atoms with Crippen molar-refractivity contribution in [2.45, 2.75) is 39.5 Å². The Labute approximate surface area is 136 Å². The standard InChI is InChI=1S/C16H22O4.CH2O2/c1-3-5-11-19-15(17)13-9-7-8-10-14(13)16(18)20-12-6-4-2;2-1-3/h7-10H,3-6,11-12H2,1-2H3;1H,(H,2,3). The summed E-state index contributed by atoms with van der Waals surface area (Å²) < 4.78 is 10.3. The lowest BCUT2D eigenvalue weighted by molar-refractivity contribution is -0.122. The van der Waals surface area contributed by atoms with E-state index in [2.05, 4.69) is 0 Å². The van der Waals surface area contributed by atoms with E-state index in [1.807, 2.05) is 13.8 Å². The lowest BCUT2D eigenvalue weighted by Gasteiger charge is -2.09. The molecule has 128 valence electrons. The second kappa shape index (κ2) is 13.3. The van der Waals surface area contributed by atoms with E-state index < -0.39 is 11.9 Å². The number of hydrogen-bond donors (Lipinski definition) is 1. The quantitative estimate of drug-likeness (QED) is 0.448.